The van der Waals surface area contributed by atoms with Gasteiger partial charge in [-0.25, -0.2) is 14.2 Å². The van der Waals surface area contributed by atoms with Crippen LogP contribution in [0.2, 0.25) is 0 Å². The fraction of sp³-hybridized carbons (Fsp3) is 0.286. The van der Waals surface area contributed by atoms with Gasteiger partial charge in [-0.15, -0.1) is 12.4 Å². The highest BCUT2D eigenvalue weighted by Gasteiger charge is 2.25. The van der Waals surface area contributed by atoms with E-state index in [0.29, 0.717) is 12.1 Å². The molecule has 6 nitrogen and oxygen atoms in total. The molecule has 0 N–H and O–H groups in total. The van der Waals surface area contributed by atoms with Gasteiger partial charge in [-0.05, 0) is 42.8 Å². The molecule has 4 rings (SSSR count). The van der Waals surface area contributed by atoms with E-state index in [0.717, 1.165) is 42.2 Å². The fourth-order valence-electron chi connectivity index (χ4n) is 3.43. The third-order valence-electron chi connectivity index (χ3n) is 4.98. The lowest BCUT2D eigenvalue weighted by molar-refractivity contribution is 0.196. The zero-order chi connectivity index (χ0) is 19.7. The van der Waals surface area contributed by atoms with Crippen molar-refractivity contribution in [3.05, 3.63) is 59.4 Å². The van der Waals surface area contributed by atoms with Crippen LogP contribution < -0.4 is 0 Å². The van der Waals surface area contributed by atoms with Crippen molar-refractivity contribution in [2.24, 2.45) is 0 Å². The van der Waals surface area contributed by atoms with Gasteiger partial charge in [0.25, 0.3) is 0 Å². The van der Waals surface area contributed by atoms with Gasteiger partial charge >= 0.3 is 6.03 Å². The molecule has 1 aliphatic rings. The molecule has 0 atom stereocenters. The topological polar surface area (TPSA) is 54.3 Å². The summed E-state index contributed by atoms with van der Waals surface area (Å²) in [7, 11) is 1.81. The molecule has 1 aromatic carbocycles. The molecule has 0 spiro atoms. The van der Waals surface area contributed by atoms with Crippen molar-refractivity contribution in [1.82, 2.24) is 24.3 Å². The second-order valence-corrected chi connectivity index (χ2v) is 6.89. The van der Waals surface area contributed by atoms with Gasteiger partial charge in [-0.1, -0.05) is 6.07 Å². The van der Waals surface area contributed by atoms with Crippen LogP contribution in [0.1, 0.15) is 24.0 Å². The van der Waals surface area contributed by atoms with Crippen molar-refractivity contribution in [3.8, 4) is 0 Å². The third kappa shape index (κ3) is 4.24. The number of pyridine rings is 1. The number of amides is 2. The van der Waals surface area contributed by atoms with Crippen LogP contribution in [0.15, 0.2) is 36.5 Å². The van der Waals surface area contributed by atoms with Gasteiger partial charge in [-0.3, -0.25) is 4.98 Å². The first-order chi connectivity index (χ1) is 13.5. The Morgan fingerprint density at radius 3 is 2.66 bits per heavy atom. The van der Waals surface area contributed by atoms with Crippen LogP contribution in [-0.4, -0.2) is 50.5 Å². The second kappa shape index (κ2) is 8.61. The number of likely N-dealkylation sites (N-methyl/N-ethyl adjacent to an activating group) is 1. The highest BCUT2D eigenvalue weighted by atomic mass is 35.5. The number of aromatic nitrogens is 3. The monoisotopic (exact) mass is 415 g/mol. The number of carbonyl (C=O) groups is 1. The van der Waals surface area contributed by atoms with Crippen LogP contribution in [-0.2, 0) is 13.1 Å². The lowest BCUT2D eigenvalue weighted by atomic mass is 10.2. The van der Waals surface area contributed by atoms with Gasteiger partial charge < -0.3 is 14.4 Å². The number of imidazole rings is 1. The molecule has 2 amide bonds. The van der Waals surface area contributed by atoms with E-state index in [9.17, 15) is 9.18 Å². The Kier molecular flexibility index (Phi) is 6.17. The molecule has 0 unspecified atom stereocenters. The minimum absolute atomic E-state index is 0. The number of fused-ring (bicyclic) bond motifs is 1. The average Bonchev–Trinajstić information content (AvgIpc) is 3.21. The van der Waals surface area contributed by atoms with Crippen molar-refractivity contribution in [2.75, 3.05) is 20.1 Å². The van der Waals surface area contributed by atoms with E-state index in [1.165, 1.54) is 12.1 Å². The molecule has 8 heteroatoms. The van der Waals surface area contributed by atoms with Crippen molar-refractivity contribution >= 4 is 41.6 Å². The summed E-state index contributed by atoms with van der Waals surface area (Å²) in [6.45, 7) is 4.78. The maximum absolute atomic E-state index is 13.5. The van der Waals surface area contributed by atoms with Crippen molar-refractivity contribution in [2.45, 2.75) is 20.0 Å². The molecule has 152 valence electrons. The molecule has 0 saturated carbocycles. The predicted octanol–water partition coefficient (Wildman–Crippen LogP) is 4.05. The number of benzene rings is 1. The van der Waals surface area contributed by atoms with E-state index < -0.39 is 0 Å². The van der Waals surface area contributed by atoms with E-state index in [1.807, 2.05) is 42.8 Å². The van der Waals surface area contributed by atoms with Crippen LogP contribution in [0.5, 0.6) is 0 Å². The maximum Gasteiger partial charge on any atom is 0.320 e. The van der Waals surface area contributed by atoms with Crippen LogP contribution >= 0.6 is 12.4 Å². The Morgan fingerprint density at radius 2 is 2.00 bits per heavy atom. The number of urea groups is 1. The van der Waals surface area contributed by atoms with Crippen molar-refractivity contribution < 1.29 is 9.18 Å². The van der Waals surface area contributed by atoms with Gasteiger partial charge in [-0.2, -0.15) is 0 Å². The van der Waals surface area contributed by atoms with Gasteiger partial charge in [0, 0.05) is 38.9 Å². The lowest BCUT2D eigenvalue weighted by Crippen LogP contribution is -2.29. The summed E-state index contributed by atoms with van der Waals surface area (Å²) in [5, 5.41) is 0. The Bertz CT molecular complexity index is 1050. The quantitative estimate of drug-likeness (QED) is 0.631. The number of nitrogens with zero attached hydrogens (tertiary/aromatic N) is 5. The Morgan fingerprint density at radius 1 is 1.17 bits per heavy atom. The van der Waals surface area contributed by atoms with E-state index in [2.05, 4.69) is 9.97 Å². The second-order valence-electron chi connectivity index (χ2n) is 6.89. The summed E-state index contributed by atoms with van der Waals surface area (Å²) in [5.74, 6) is 0.490. The molecule has 2 aromatic heterocycles. The highest BCUT2D eigenvalue weighted by molar-refractivity contribution is 5.85. The molecule has 0 bridgehead atoms. The van der Waals surface area contributed by atoms with Gasteiger partial charge in [0.15, 0.2) is 0 Å². The minimum Gasteiger partial charge on any atom is -0.326 e. The zero-order valence-corrected chi connectivity index (χ0v) is 17.2. The normalized spacial score (nSPS) is 14.2. The molecule has 0 radical (unpaired) electrons. The summed E-state index contributed by atoms with van der Waals surface area (Å²) in [6.07, 6.45) is 5.64. The first kappa shape index (κ1) is 20.8. The van der Waals surface area contributed by atoms with E-state index in [-0.39, 0.29) is 24.3 Å². The van der Waals surface area contributed by atoms with E-state index in [4.69, 9.17) is 0 Å². The molecule has 3 aromatic rings. The molecular formula is C21H23ClFN5O. The molecule has 1 saturated heterocycles. The third-order valence-corrected chi connectivity index (χ3v) is 4.98. The Hall–Kier alpha value is -2.93. The largest absolute Gasteiger partial charge is 0.326 e. The summed E-state index contributed by atoms with van der Waals surface area (Å²) in [5.41, 5.74) is 3.36. The molecular weight excluding hydrogens is 393 g/mol. The number of aryl methyl sites for hydroxylation is 1. The Labute approximate surface area is 175 Å². The van der Waals surface area contributed by atoms with Crippen LogP contribution in [0.3, 0.4) is 0 Å². The molecule has 1 fully saturated rings. The van der Waals surface area contributed by atoms with Crippen molar-refractivity contribution in [3.63, 3.8) is 0 Å². The lowest BCUT2D eigenvalue weighted by Gasteiger charge is -2.15. The fourth-order valence-corrected chi connectivity index (χ4v) is 3.43. The number of halogens is 2. The number of hydrogen-bond donors (Lipinski definition) is 0. The van der Waals surface area contributed by atoms with Crippen molar-refractivity contribution in [1.29, 1.82) is 0 Å². The molecule has 29 heavy (non-hydrogen) atoms. The predicted molar refractivity (Wildman–Crippen MR) is 114 cm³/mol. The summed E-state index contributed by atoms with van der Waals surface area (Å²) in [6, 6.07) is 8.61. The van der Waals surface area contributed by atoms with Gasteiger partial charge in [0.1, 0.15) is 11.6 Å². The smallest absolute Gasteiger partial charge is 0.320 e. The van der Waals surface area contributed by atoms with Gasteiger partial charge in [0.05, 0.1) is 23.3 Å². The van der Waals surface area contributed by atoms with Crippen LogP contribution in [0.25, 0.3) is 23.2 Å². The standard InChI is InChI=1S/C21H22FN5O.ClH/c1-3-27-19-8-6-16(22)12-18(19)24-20(27)9-5-15-4-7-17(23-13-15)14-26-11-10-25(2)21(26)28;/h4-9,12-13H,3,10-11,14H2,1-2H3;1H/b9-5+;. The average molecular weight is 416 g/mol. The number of hydrogen-bond acceptors (Lipinski definition) is 3. The summed E-state index contributed by atoms with van der Waals surface area (Å²) >= 11 is 0. The van der Waals surface area contributed by atoms with Crippen LogP contribution in [0, 0.1) is 5.82 Å². The first-order valence-electron chi connectivity index (χ1n) is 9.34. The molecule has 0 aliphatic carbocycles. The summed E-state index contributed by atoms with van der Waals surface area (Å²) < 4.78 is 15.5. The number of carbonyl (C=O) groups excluding carboxylic acids is 1. The minimum atomic E-state index is -0.286. The zero-order valence-electron chi connectivity index (χ0n) is 16.4. The van der Waals surface area contributed by atoms with E-state index in [1.54, 1.807) is 22.1 Å². The van der Waals surface area contributed by atoms with Crippen LogP contribution in [0.4, 0.5) is 9.18 Å². The molecule has 3 heterocycles. The van der Waals surface area contributed by atoms with E-state index >= 15 is 0 Å². The van der Waals surface area contributed by atoms with Gasteiger partial charge in [0.2, 0.25) is 0 Å². The summed E-state index contributed by atoms with van der Waals surface area (Å²) in [4.78, 5) is 24.5. The highest BCUT2D eigenvalue weighted by Crippen LogP contribution is 2.19. The Balaban J connectivity index is 0.00000240. The molecule has 1 aliphatic heterocycles. The first-order valence-corrected chi connectivity index (χ1v) is 9.34. The number of rotatable bonds is 5. The maximum atomic E-state index is 13.5. The SMILES string of the molecule is CCn1c(/C=C/c2ccc(CN3CCN(C)C3=O)nc2)nc2cc(F)ccc21.Cl.